The second-order valence-corrected chi connectivity index (χ2v) is 5.91. The van der Waals surface area contributed by atoms with Crippen molar-refractivity contribution in [3.8, 4) is 11.4 Å². The van der Waals surface area contributed by atoms with Gasteiger partial charge in [0.2, 0.25) is 11.7 Å². The van der Waals surface area contributed by atoms with Crippen molar-refractivity contribution in [2.75, 3.05) is 5.32 Å². The normalized spacial score (nSPS) is 10.6. The van der Waals surface area contributed by atoms with Crippen molar-refractivity contribution < 1.29 is 14.1 Å². The Bertz CT molecular complexity index is 1020. The number of nitro groups is 1. The Balaban J connectivity index is 1.74. The molecule has 9 nitrogen and oxygen atoms in total. The van der Waals surface area contributed by atoms with Gasteiger partial charge >= 0.3 is 0 Å². The first-order valence-electron chi connectivity index (χ1n) is 7.92. The van der Waals surface area contributed by atoms with Crippen molar-refractivity contribution in [1.29, 1.82) is 0 Å². The number of hydrogen-bond donors (Lipinski definition) is 1. The van der Waals surface area contributed by atoms with Gasteiger partial charge in [-0.2, -0.15) is 4.80 Å². The number of aryl methyl sites for hydroxylation is 2. The Hall–Kier alpha value is -3.69. The van der Waals surface area contributed by atoms with Crippen LogP contribution in [0.4, 0.5) is 15.8 Å². The molecule has 0 atom stereocenters. The van der Waals surface area contributed by atoms with Gasteiger partial charge in [-0.1, -0.05) is 0 Å². The average molecular weight is 370 g/mol. The zero-order valence-corrected chi connectivity index (χ0v) is 14.5. The lowest BCUT2D eigenvalue weighted by Gasteiger charge is -2.08. The van der Waals surface area contributed by atoms with Gasteiger partial charge in [-0.3, -0.25) is 14.9 Å². The van der Waals surface area contributed by atoms with Gasteiger partial charge in [0.15, 0.2) is 0 Å². The third-order valence-corrected chi connectivity index (χ3v) is 3.92. The number of hydrogen-bond acceptors (Lipinski definition) is 6. The maximum Gasteiger partial charge on any atom is 0.293 e. The van der Waals surface area contributed by atoms with Crippen LogP contribution in [-0.4, -0.2) is 31.0 Å². The van der Waals surface area contributed by atoms with E-state index < -0.39 is 10.8 Å². The van der Waals surface area contributed by atoms with Gasteiger partial charge < -0.3 is 5.32 Å². The highest BCUT2D eigenvalue weighted by atomic mass is 19.1. The second-order valence-electron chi connectivity index (χ2n) is 5.91. The number of nitrogens with zero attached hydrogens (tertiary/aromatic N) is 5. The molecule has 1 amide bonds. The van der Waals surface area contributed by atoms with E-state index >= 15 is 0 Å². The molecule has 0 saturated carbocycles. The molecule has 0 radical (unpaired) electrons. The van der Waals surface area contributed by atoms with Crippen LogP contribution in [0.5, 0.6) is 0 Å². The fourth-order valence-corrected chi connectivity index (χ4v) is 2.40. The number of amides is 1. The van der Waals surface area contributed by atoms with Crippen molar-refractivity contribution in [3.05, 3.63) is 63.5 Å². The number of benzene rings is 2. The molecule has 3 rings (SSSR count). The van der Waals surface area contributed by atoms with E-state index in [1.165, 1.54) is 30.3 Å². The molecule has 0 aliphatic rings. The maximum absolute atomic E-state index is 13.0. The average Bonchev–Trinajstić information content (AvgIpc) is 3.06. The van der Waals surface area contributed by atoms with Crippen molar-refractivity contribution in [1.82, 2.24) is 20.2 Å². The summed E-state index contributed by atoms with van der Waals surface area (Å²) in [5.41, 5.74) is 2.03. The zero-order chi connectivity index (χ0) is 19.6. The molecule has 2 aromatic carbocycles. The van der Waals surface area contributed by atoms with Gasteiger partial charge in [-0.05, 0) is 60.5 Å². The van der Waals surface area contributed by atoms with Gasteiger partial charge in [-0.25, -0.2) is 4.39 Å². The molecular formula is C17H15FN6O3. The Morgan fingerprint density at radius 2 is 1.89 bits per heavy atom. The third-order valence-electron chi connectivity index (χ3n) is 3.92. The molecule has 1 aromatic heterocycles. The number of aromatic nitrogens is 4. The summed E-state index contributed by atoms with van der Waals surface area (Å²) in [5.74, 6) is -0.690. The van der Waals surface area contributed by atoms with E-state index in [2.05, 4.69) is 20.7 Å². The Labute approximate surface area is 153 Å². The summed E-state index contributed by atoms with van der Waals surface area (Å²) in [4.78, 5) is 23.9. The number of carbonyl (C=O) groups excluding carboxylic acids is 1. The molecular weight excluding hydrogens is 355 g/mol. The molecule has 1 heterocycles. The molecule has 0 bridgehead atoms. The molecule has 27 heavy (non-hydrogen) atoms. The SMILES string of the molecule is Cc1cc(NC(=O)Cn2nnc(-c3ccc(F)cc3)n2)c([N+](=O)[O-])cc1C. The summed E-state index contributed by atoms with van der Waals surface area (Å²) in [7, 11) is 0. The van der Waals surface area contributed by atoms with Gasteiger partial charge in [0, 0.05) is 11.6 Å². The van der Waals surface area contributed by atoms with Crippen molar-refractivity contribution >= 4 is 17.3 Å². The van der Waals surface area contributed by atoms with E-state index in [1.807, 2.05) is 0 Å². The van der Waals surface area contributed by atoms with Crippen LogP contribution in [0, 0.1) is 29.8 Å². The zero-order valence-electron chi connectivity index (χ0n) is 14.5. The predicted molar refractivity (Wildman–Crippen MR) is 94.4 cm³/mol. The lowest BCUT2D eigenvalue weighted by Crippen LogP contribution is -2.21. The predicted octanol–water partition coefficient (Wildman–Crippen LogP) is 2.64. The summed E-state index contributed by atoms with van der Waals surface area (Å²) in [5, 5.41) is 25.4. The lowest BCUT2D eigenvalue weighted by molar-refractivity contribution is -0.384. The van der Waals surface area contributed by atoms with Crippen LogP contribution in [-0.2, 0) is 11.3 Å². The summed E-state index contributed by atoms with van der Waals surface area (Å²) in [6.07, 6.45) is 0. The molecule has 0 saturated heterocycles. The minimum Gasteiger partial charge on any atom is -0.319 e. The highest BCUT2D eigenvalue weighted by Crippen LogP contribution is 2.27. The smallest absolute Gasteiger partial charge is 0.293 e. The first kappa shape index (κ1) is 18.1. The summed E-state index contributed by atoms with van der Waals surface area (Å²) < 4.78 is 13.0. The summed E-state index contributed by atoms with van der Waals surface area (Å²) >= 11 is 0. The number of carbonyl (C=O) groups is 1. The summed E-state index contributed by atoms with van der Waals surface area (Å²) in [6, 6.07) is 8.48. The minimum atomic E-state index is -0.553. The van der Waals surface area contributed by atoms with Gasteiger partial charge in [-0.15, -0.1) is 10.2 Å². The van der Waals surface area contributed by atoms with E-state index in [0.29, 0.717) is 5.56 Å². The van der Waals surface area contributed by atoms with Crippen LogP contribution in [0.3, 0.4) is 0 Å². The Morgan fingerprint density at radius 3 is 2.56 bits per heavy atom. The van der Waals surface area contributed by atoms with Crippen LogP contribution in [0.25, 0.3) is 11.4 Å². The molecule has 0 fully saturated rings. The van der Waals surface area contributed by atoms with Gasteiger partial charge in [0.25, 0.3) is 5.69 Å². The third kappa shape index (κ3) is 4.11. The van der Waals surface area contributed by atoms with E-state index in [4.69, 9.17) is 0 Å². The van der Waals surface area contributed by atoms with Gasteiger partial charge in [0.1, 0.15) is 18.0 Å². The lowest BCUT2D eigenvalue weighted by atomic mass is 10.1. The van der Waals surface area contributed by atoms with Crippen molar-refractivity contribution in [3.63, 3.8) is 0 Å². The summed E-state index contributed by atoms with van der Waals surface area (Å²) in [6.45, 7) is 3.27. The van der Waals surface area contributed by atoms with Crippen molar-refractivity contribution in [2.24, 2.45) is 0 Å². The number of tetrazole rings is 1. The molecule has 138 valence electrons. The fraction of sp³-hybridized carbons (Fsp3) is 0.176. The first-order chi connectivity index (χ1) is 12.8. The monoisotopic (exact) mass is 370 g/mol. The minimum absolute atomic E-state index is 0.104. The fourth-order valence-electron chi connectivity index (χ4n) is 2.40. The van der Waals surface area contributed by atoms with Crippen molar-refractivity contribution in [2.45, 2.75) is 20.4 Å². The highest BCUT2D eigenvalue weighted by molar-refractivity contribution is 5.93. The number of rotatable bonds is 5. The number of halogens is 1. The van der Waals surface area contributed by atoms with Gasteiger partial charge in [0.05, 0.1) is 4.92 Å². The largest absolute Gasteiger partial charge is 0.319 e. The standard InChI is InChI=1S/C17H15FN6O3/c1-10-7-14(15(24(26)27)8-11(10)2)19-16(25)9-23-21-17(20-22-23)12-3-5-13(18)6-4-12/h3-8H,9H2,1-2H3,(H,19,25). The topological polar surface area (TPSA) is 116 Å². The molecule has 0 unspecified atom stereocenters. The quantitative estimate of drug-likeness (QED) is 0.545. The van der Waals surface area contributed by atoms with Crippen LogP contribution < -0.4 is 5.32 Å². The van der Waals surface area contributed by atoms with Crippen LogP contribution in [0.15, 0.2) is 36.4 Å². The van der Waals surface area contributed by atoms with Crippen LogP contribution in [0.1, 0.15) is 11.1 Å². The maximum atomic E-state index is 13.0. The van der Waals surface area contributed by atoms with Crippen LogP contribution in [0.2, 0.25) is 0 Å². The Kier molecular flexibility index (Phi) is 4.88. The molecule has 0 spiro atoms. The molecule has 1 N–H and O–H groups in total. The van der Waals surface area contributed by atoms with Crippen LogP contribution >= 0.6 is 0 Å². The Morgan fingerprint density at radius 1 is 1.22 bits per heavy atom. The highest BCUT2D eigenvalue weighted by Gasteiger charge is 2.18. The number of anilines is 1. The molecule has 10 heteroatoms. The second kappa shape index (κ2) is 7.28. The molecule has 0 aliphatic heterocycles. The molecule has 0 aliphatic carbocycles. The number of nitrogens with one attached hydrogen (secondary N) is 1. The van der Waals surface area contributed by atoms with E-state index in [-0.39, 0.29) is 29.6 Å². The number of nitro benzene ring substituents is 1. The van der Waals surface area contributed by atoms with E-state index in [1.54, 1.807) is 19.9 Å². The molecule has 3 aromatic rings. The first-order valence-corrected chi connectivity index (χ1v) is 7.92. The van der Waals surface area contributed by atoms with E-state index in [9.17, 15) is 19.3 Å². The van der Waals surface area contributed by atoms with E-state index in [0.717, 1.165) is 15.9 Å².